The van der Waals surface area contributed by atoms with Crippen molar-refractivity contribution in [3.05, 3.63) is 37.9 Å². The molecule has 0 saturated heterocycles. The molecule has 1 aromatic carbocycles. The summed E-state index contributed by atoms with van der Waals surface area (Å²) in [6.07, 6.45) is 5.40. The molecule has 0 atom stereocenters. The Balaban J connectivity index is 3.00. The Morgan fingerprint density at radius 3 is 2.72 bits per heavy atom. The molecule has 0 bridgehead atoms. The number of hydrogen-bond donors (Lipinski definition) is 1. The summed E-state index contributed by atoms with van der Waals surface area (Å²) in [6, 6.07) is 2.33. The Morgan fingerprint density at radius 1 is 1.50 bits per heavy atom. The first-order chi connectivity index (χ1) is 8.47. The number of hydrogen-bond acceptors (Lipinski definition) is 3. The van der Waals surface area contributed by atoms with E-state index in [0.717, 1.165) is 6.07 Å². The molecule has 0 fully saturated rings. The fraction of sp³-hybridized carbons (Fsp3) is 0.182. The van der Waals surface area contributed by atoms with E-state index in [-0.39, 0.29) is 22.2 Å². The number of carbonyl (C=O) groups excluding carboxylic acids is 1. The van der Waals surface area contributed by atoms with Gasteiger partial charge in [-0.25, -0.2) is 0 Å². The molecule has 0 aliphatic carbocycles. The highest BCUT2D eigenvalue weighted by Gasteiger charge is 2.19. The van der Waals surface area contributed by atoms with Gasteiger partial charge in [-0.15, -0.1) is 12.3 Å². The summed E-state index contributed by atoms with van der Waals surface area (Å²) < 4.78 is 0. The molecular weight excluding hydrogens is 279 g/mol. The number of amides is 1. The van der Waals surface area contributed by atoms with Crippen molar-refractivity contribution in [1.82, 2.24) is 5.32 Å². The second-order valence-corrected chi connectivity index (χ2v) is 4.04. The fourth-order valence-electron chi connectivity index (χ4n) is 1.19. The minimum absolute atomic E-state index is 0.0482. The van der Waals surface area contributed by atoms with Crippen molar-refractivity contribution < 1.29 is 9.72 Å². The summed E-state index contributed by atoms with van der Waals surface area (Å²) in [5.41, 5.74) is -0.348. The van der Waals surface area contributed by atoms with Crippen LogP contribution in [-0.4, -0.2) is 17.4 Å². The topological polar surface area (TPSA) is 72.2 Å². The van der Waals surface area contributed by atoms with Gasteiger partial charge < -0.3 is 5.32 Å². The molecule has 0 radical (unpaired) electrons. The number of terminal acetylenes is 1. The van der Waals surface area contributed by atoms with E-state index in [1.165, 1.54) is 6.07 Å². The van der Waals surface area contributed by atoms with E-state index in [2.05, 4.69) is 11.2 Å². The van der Waals surface area contributed by atoms with E-state index < -0.39 is 16.5 Å². The Bertz CT molecular complexity index is 538. The zero-order chi connectivity index (χ0) is 13.7. The number of halogens is 2. The van der Waals surface area contributed by atoms with Crippen LogP contribution in [0.5, 0.6) is 0 Å². The largest absolute Gasteiger partial charge is 0.351 e. The highest BCUT2D eigenvalue weighted by Crippen LogP contribution is 2.32. The zero-order valence-corrected chi connectivity index (χ0v) is 10.6. The van der Waals surface area contributed by atoms with Crippen LogP contribution in [0.3, 0.4) is 0 Å². The van der Waals surface area contributed by atoms with E-state index in [4.69, 9.17) is 29.6 Å². The molecule has 1 rings (SSSR count). The molecule has 1 N–H and O–H groups in total. The van der Waals surface area contributed by atoms with E-state index in [1.54, 1.807) is 0 Å². The van der Waals surface area contributed by atoms with Crippen molar-refractivity contribution >= 4 is 34.8 Å². The van der Waals surface area contributed by atoms with Gasteiger partial charge in [-0.2, -0.15) is 0 Å². The van der Waals surface area contributed by atoms with Crippen molar-refractivity contribution in [2.75, 3.05) is 6.54 Å². The van der Waals surface area contributed by atoms with Gasteiger partial charge in [0.15, 0.2) is 0 Å². The molecule has 5 nitrogen and oxygen atoms in total. The van der Waals surface area contributed by atoms with Crippen LogP contribution in [0.2, 0.25) is 10.0 Å². The first kappa shape index (κ1) is 14.3. The monoisotopic (exact) mass is 286 g/mol. The molecule has 1 aromatic rings. The van der Waals surface area contributed by atoms with Gasteiger partial charge in [-0.05, 0) is 6.07 Å². The Morgan fingerprint density at radius 2 is 2.17 bits per heavy atom. The molecule has 7 heteroatoms. The predicted octanol–water partition coefficient (Wildman–Crippen LogP) is 2.65. The van der Waals surface area contributed by atoms with Gasteiger partial charge in [0.25, 0.3) is 11.6 Å². The number of rotatable bonds is 4. The minimum Gasteiger partial charge on any atom is -0.351 e. The van der Waals surface area contributed by atoms with Crippen molar-refractivity contribution in [1.29, 1.82) is 0 Å². The summed E-state index contributed by atoms with van der Waals surface area (Å²) in [5.74, 6) is 1.86. The van der Waals surface area contributed by atoms with Gasteiger partial charge in [0.1, 0.15) is 5.02 Å². The summed E-state index contributed by atoms with van der Waals surface area (Å²) in [5, 5.41) is 13.0. The highest BCUT2D eigenvalue weighted by molar-refractivity contribution is 6.43. The molecule has 0 aliphatic rings. The molecule has 0 unspecified atom stereocenters. The maximum Gasteiger partial charge on any atom is 0.290 e. The average molecular weight is 287 g/mol. The minimum atomic E-state index is -0.702. The van der Waals surface area contributed by atoms with Crippen molar-refractivity contribution in [3.8, 4) is 12.3 Å². The normalized spacial score (nSPS) is 9.61. The molecule has 0 spiro atoms. The van der Waals surface area contributed by atoms with Gasteiger partial charge in [-0.3, -0.25) is 14.9 Å². The number of nitrogens with zero attached hydrogens (tertiary/aromatic N) is 1. The fourth-order valence-corrected chi connectivity index (χ4v) is 1.58. The first-order valence-electron chi connectivity index (χ1n) is 4.82. The number of benzene rings is 1. The van der Waals surface area contributed by atoms with Gasteiger partial charge in [0.2, 0.25) is 0 Å². The first-order valence-corrected chi connectivity index (χ1v) is 5.58. The lowest BCUT2D eigenvalue weighted by atomic mass is 10.2. The summed E-state index contributed by atoms with van der Waals surface area (Å²) in [7, 11) is 0. The van der Waals surface area contributed by atoms with Crippen LogP contribution >= 0.6 is 23.2 Å². The number of carbonyl (C=O) groups is 1. The molecule has 0 aliphatic heterocycles. The molecule has 18 heavy (non-hydrogen) atoms. The van der Waals surface area contributed by atoms with Crippen molar-refractivity contribution in [3.63, 3.8) is 0 Å². The number of nitro groups is 1. The van der Waals surface area contributed by atoms with E-state index in [9.17, 15) is 14.9 Å². The van der Waals surface area contributed by atoms with E-state index >= 15 is 0 Å². The lowest BCUT2D eigenvalue weighted by Crippen LogP contribution is -2.24. The molecule has 1 amide bonds. The third-order valence-corrected chi connectivity index (χ3v) is 2.81. The Hall–Kier alpha value is -1.77. The van der Waals surface area contributed by atoms with Gasteiger partial charge in [-0.1, -0.05) is 23.2 Å². The number of nitrogens with one attached hydrogen (secondary N) is 1. The standard InChI is InChI=1S/C11H8Cl2N2O3/c1-2-3-4-14-11(16)7-5-8(12)10(13)9(6-7)15(17)18/h1,5-6H,3-4H2,(H,14,16). The summed E-state index contributed by atoms with van der Waals surface area (Å²) in [4.78, 5) is 21.7. The molecule has 0 aromatic heterocycles. The van der Waals surface area contributed by atoms with Crippen LogP contribution in [0.4, 0.5) is 5.69 Å². The quantitative estimate of drug-likeness (QED) is 0.400. The van der Waals surface area contributed by atoms with Gasteiger partial charge in [0.05, 0.1) is 9.95 Å². The average Bonchev–Trinajstić information content (AvgIpc) is 2.32. The highest BCUT2D eigenvalue weighted by atomic mass is 35.5. The van der Waals surface area contributed by atoms with Gasteiger partial charge >= 0.3 is 0 Å². The van der Waals surface area contributed by atoms with Crippen LogP contribution in [0.15, 0.2) is 12.1 Å². The Kier molecular flexibility index (Phi) is 4.95. The molecule has 0 saturated carbocycles. The maximum absolute atomic E-state index is 11.7. The second-order valence-electron chi connectivity index (χ2n) is 3.26. The number of nitro benzene ring substituents is 1. The van der Waals surface area contributed by atoms with Crippen LogP contribution in [-0.2, 0) is 0 Å². The van der Waals surface area contributed by atoms with E-state index in [0.29, 0.717) is 6.42 Å². The third kappa shape index (κ3) is 3.36. The SMILES string of the molecule is C#CCCNC(=O)c1cc(Cl)c(Cl)c([N+](=O)[O-])c1. The van der Waals surface area contributed by atoms with Crippen LogP contribution in [0, 0.1) is 22.5 Å². The molecule has 94 valence electrons. The lowest BCUT2D eigenvalue weighted by molar-refractivity contribution is -0.384. The van der Waals surface area contributed by atoms with Crippen LogP contribution in [0.25, 0.3) is 0 Å². The second kappa shape index (κ2) is 6.24. The van der Waals surface area contributed by atoms with Crippen molar-refractivity contribution in [2.24, 2.45) is 0 Å². The lowest BCUT2D eigenvalue weighted by Gasteiger charge is -2.05. The maximum atomic E-state index is 11.7. The molecular formula is C11H8Cl2N2O3. The smallest absolute Gasteiger partial charge is 0.290 e. The predicted molar refractivity (Wildman–Crippen MR) is 68.9 cm³/mol. The third-order valence-electron chi connectivity index (χ3n) is 2.02. The van der Waals surface area contributed by atoms with Gasteiger partial charge in [0, 0.05) is 24.6 Å². The molecule has 0 heterocycles. The van der Waals surface area contributed by atoms with Crippen LogP contribution in [0.1, 0.15) is 16.8 Å². The zero-order valence-electron chi connectivity index (χ0n) is 9.07. The summed E-state index contributed by atoms with van der Waals surface area (Å²) >= 11 is 11.4. The van der Waals surface area contributed by atoms with E-state index in [1.807, 2.05) is 0 Å². The van der Waals surface area contributed by atoms with Crippen LogP contribution < -0.4 is 5.32 Å². The summed E-state index contributed by atoms with van der Waals surface area (Å²) in [6.45, 7) is 0.281. The Labute approximate surface area is 113 Å². The van der Waals surface area contributed by atoms with Crippen molar-refractivity contribution in [2.45, 2.75) is 6.42 Å².